The number of hydrogen-bond donors (Lipinski definition) is 1. The van der Waals surface area contributed by atoms with Crippen molar-refractivity contribution in [3.8, 4) is 0 Å². The molecule has 26 heavy (non-hydrogen) atoms. The first-order valence-corrected chi connectivity index (χ1v) is 10.8. The van der Waals surface area contributed by atoms with Crippen molar-refractivity contribution >= 4 is 5.97 Å². The highest BCUT2D eigenvalue weighted by Crippen LogP contribution is 2.09. The molecule has 0 bridgehead atoms. The van der Waals surface area contributed by atoms with Crippen molar-refractivity contribution in [2.75, 3.05) is 26.4 Å². The van der Waals surface area contributed by atoms with Crippen molar-refractivity contribution in [2.24, 2.45) is 0 Å². The topological polar surface area (TPSA) is 55.8 Å². The number of carbonyl (C=O) groups is 1. The van der Waals surface area contributed by atoms with Crippen LogP contribution in [0.4, 0.5) is 0 Å². The van der Waals surface area contributed by atoms with Crippen molar-refractivity contribution in [3.05, 3.63) is 12.2 Å². The molecule has 0 radical (unpaired) electrons. The maximum absolute atomic E-state index is 10.2. The largest absolute Gasteiger partial charge is 0.480 e. The molecule has 1 N–H and O–H groups in total. The van der Waals surface area contributed by atoms with E-state index in [1.807, 2.05) is 0 Å². The smallest absolute Gasteiger partial charge is 0.329 e. The minimum absolute atomic E-state index is 0.238. The van der Waals surface area contributed by atoms with E-state index in [9.17, 15) is 4.79 Å². The van der Waals surface area contributed by atoms with Gasteiger partial charge in [0.25, 0.3) is 0 Å². The number of allylic oxidation sites excluding steroid dienone is 2. The van der Waals surface area contributed by atoms with E-state index in [-0.39, 0.29) is 6.61 Å². The van der Waals surface area contributed by atoms with E-state index in [2.05, 4.69) is 19.1 Å². The Bertz CT molecular complexity index is 315. The summed E-state index contributed by atoms with van der Waals surface area (Å²) in [5, 5.41) is 8.40. The first-order chi connectivity index (χ1) is 12.8. The fourth-order valence-electron chi connectivity index (χ4n) is 2.83. The molecule has 0 fully saturated rings. The molecule has 0 aromatic rings. The molecule has 0 saturated heterocycles. The first kappa shape index (κ1) is 25.1. The molecule has 0 aliphatic rings. The van der Waals surface area contributed by atoms with Gasteiger partial charge < -0.3 is 14.6 Å². The molecule has 4 heteroatoms. The summed E-state index contributed by atoms with van der Waals surface area (Å²) in [6.07, 6.45) is 23.0. The lowest BCUT2D eigenvalue weighted by atomic mass is 10.1. The van der Waals surface area contributed by atoms with Gasteiger partial charge in [0.2, 0.25) is 0 Å². The summed E-state index contributed by atoms with van der Waals surface area (Å²) in [7, 11) is 0. The number of hydrogen-bond acceptors (Lipinski definition) is 3. The molecule has 0 spiro atoms. The Morgan fingerprint density at radius 1 is 0.692 bits per heavy atom. The van der Waals surface area contributed by atoms with E-state index < -0.39 is 5.97 Å². The van der Waals surface area contributed by atoms with Crippen molar-refractivity contribution in [2.45, 2.75) is 96.8 Å². The quantitative estimate of drug-likeness (QED) is 0.195. The van der Waals surface area contributed by atoms with E-state index in [1.54, 1.807) is 0 Å². The Kier molecular flexibility index (Phi) is 21.4. The van der Waals surface area contributed by atoms with Crippen LogP contribution in [0.5, 0.6) is 0 Å². The maximum atomic E-state index is 10.2. The fourth-order valence-corrected chi connectivity index (χ4v) is 2.83. The predicted molar refractivity (Wildman–Crippen MR) is 109 cm³/mol. The van der Waals surface area contributed by atoms with Crippen LogP contribution in [0.25, 0.3) is 0 Å². The van der Waals surface area contributed by atoms with E-state index >= 15 is 0 Å². The van der Waals surface area contributed by atoms with Crippen LogP contribution < -0.4 is 0 Å². The van der Waals surface area contributed by atoms with Gasteiger partial charge in [-0.3, -0.25) is 0 Å². The Balaban J connectivity index is 3.06. The summed E-state index contributed by atoms with van der Waals surface area (Å²) < 4.78 is 10.3. The normalized spacial score (nSPS) is 11.4. The molecule has 0 aliphatic heterocycles. The third kappa shape index (κ3) is 23.1. The van der Waals surface area contributed by atoms with Gasteiger partial charge in [-0.05, 0) is 32.1 Å². The molecular weight excluding hydrogens is 328 g/mol. The lowest BCUT2D eigenvalue weighted by molar-refractivity contribution is -0.142. The average molecular weight is 371 g/mol. The molecule has 154 valence electrons. The second-order valence-corrected chi connectivity index (χ2v) is 7.00. The number of unbranched alkanes of at least 4 members (excludes halogenated alkanes) is 12. The minimum atomic E-state index is -0.932. The van der Waals surface area contributed by atoms with Gasteiger partial charge in [-0.1, -0.05) is 76.9 Å². The van der Waals surface area contributed by atoms with Gasteiger partial charge in [-0.15, -0.1) is 0 Å². The summed E-state index contributed by atoms with van der Waals surface area (Å²) >= 11 is 0. The molecule has 4 nitrogen and oxygen atoms in total. The van der Waals surface area contributed by atoms with E-state index in [0.29, 0.717) is 13.2 Å². The molecule has 0 unspecified atom stereocenters. The molecule has 0 atom stereocenters. The third-order valence-corrected chi connectivity index (χ3v) is 4.40. The fraction of sp³-hybridized carbons (Fsp3) is 0.864. The monoisotopic (exact) mass is 370 g/mol. The van der Waals surface area contributed by atoms with Gasteiger partial charge >= 0.3 is 5.97 Å². The highest BCUT2D eigenvalue weighted by Gasteiger charge is 1.96. The average Bonchev–Trinajstić information content (AvgIpc) is 2.62. The van der Waals surface area contributed by atoms with E-state index in [0.717, 1.165) is 13.0 Å². The maximum Gasteiger partial charge on any atom is 0.329 e. The van der Waals surface area contributed by atoms with Crippen LogP contribution in [-0.2, 0) is 14.3 Å². The lowest BCUT2D eigenvalue weighted by Crippen LogP contribution is -2.11. The lowest BCUT2D eigenvalue weighted by Gasteiger charge is -2.04. The van der Waals surface area contributed by atoms with Crippen LogP contribution >= 0.6 is 0 Å². The van der Waals surface area contributed by atoms with Gasteiger partial charge in [0, 0.05) is 6.61 Å². The number of carboxylic acid groups (broad SMARTS) is 1. The second kappa shape index (κ2) is 22.2. The van der Waals surface area contributed by atoms with Gasteiger partial charge in [0.15, 0.2) is 0 Å². The van der Waals surface area contributed by atoms with Crippen molar-refractivity contribution in [3.63, 3.8) is 0 Å². The van der Waals surface area contributed by atoms with Crippen LogP contribution in [0.1, 0.15) is 96.8 Å². The number of ether oxygens (including phenoxy) is 2. The summed E-state index contributed by atoms with van der Waals surface area (Å²) in [5.41, 5.74) is 0. The van der Waals surface area contributed by atoms with Gasteiger partial charge in [0.05, 0.1) is 13.2 Å². The van der Waals surface area contributed by atoms with E-state index in [4.69, 9.17) is 14.6 Å². The SMILES string of the molecule is CCCCCCCC/C=C\CCCCCCCCOCCOCC(=O)O. The Morgan fingerprint density at radius 3 is 1.77 bits per heavy atom. The van der Waals surface area contributed by atoms with Crippen LogP contribution in [-0.4, -0.2) is 37.5 Å². The van der Waals surface area contributed by atoms with E-state index in [1.165, 1.54) is 83.5 Å². The summed E-state index contributed by atoms with van der Waals surface area (Å²) in [6, 6.07) is 0. The van der Waals surface area contributed by atoms with Crippen molar-refractivity contribution in [1.82, 2.24) is 0 Å². The third-order valence-electron chi connectivity index (χ3n) is 4.40. The van der Waals surface area contributed by atoms with Crippen LogP contribution in [0.2, 0.25) is 0 Å². The zero-order valence-electron chi connectivity index (χ0n) is 17.1. The van der Waals surface area contributed by atoms with Crippen molar-refractivity contribution < 1.29 is 19.4 Å². The summed E-state index contributed by atoms with van der Waals surface area (Å²) in [4.78, 5) is 10.2. The Labute approximate surface area is 161 Å². The molecule has 0 saturated carbocycles. The van der Waals surface area contributed by atoms with Crippen molar-refractivity contribution in [1.29, 1.82) is 0 Å². The highest BCUT2D eigenvalue weighted by molar-refractivity contribution is 5.67. The number of carboxylic acids is 1. The standard InChI is InChI=1S/C22H42O4/c1-2-3-4-5-6-7-8-9-10-11-12-13-14-15-16-17-18-25-19-20-26-21-22(23)24/h9-10H,2-8,11-21H2,1H3,(H,23,24)/b10-9-. The molecule has 0 amide bonds. The number of aliphatic carboxylic acids is 1. The second-order valence-electron chi connectivity index (χ2n) is 7.00. The molecular formula is C22H42O4. The molecule has 0 aromatic carbocycles. The Hall–Kier alpha value is -0.870. The molecule has 0 aromatic heterocycles. The van der Waals surface area contributed by atoms with Gasteiger partial charge in [-0.25, -0.2) is 4.79 Å². The minimum Gasteiger partial charge on any atom is -0.480 e. The van der Waals surface area contributed by atoms with Crippen LogP contribution in [0, 0.1) is 0 Å². The molecule has 0 aliphatic carbocycles. The summed E-state index contributed by atoms with van der Waals surface area (Å²) in [6.45, 7) is 3.62. The Morgan fingerprint density at radius 2 is 1.19 bits per heavy atom. The van der Waals surface area contributed by atoms with Gasteiger partial charge in [-0.2, -0.15) is 0 Å². The number of rotatable bonds is 21. The highest BCUT2D eigenvalue weighted by atomic mass is 16.5. The predicted octanol–water partition coefficient (Wildman–Crippen LogP) is 6.14. The zero-order valence-corrected chi connectivity index (χ0v) is 17.1. The van der Waals surface area contributed by atoms with Gasteiger partial charge in [0.1, 0.15) is 6.61 Å². The summed E-state index contributed by atoms with van der Waals surface area (Å²) in [5.74, 6) is -0.932. The first-order valence-electron chi connectivity index (χ1n) is 10.8. The van der Waals surface area contributed by atoms with Crippen LogP contribution in [0.15, 0.2) is 12.2 Å². The molecule has 0 rings (SSSR count). The zero-order chi connectivity index (χ0) is 19.1. The van der Waals surface area contributed by atoms with Crippen LogP contribution in [0.3, 0.4) is 0 Å². The molecule has 0 heterocycles.